The minimum absolute atomic E-state index is 0.0298. The van der Waals surface area contributed by atoms with Crippen LogP contribution >= 0.6 is 7.82 Å². The van der Waals surface area contributed by atoms with Gasteiger partial charge in [-0.1, -0.05) is 129 Å². The van der Waals surface area contributed by atoms with Gasteiger partial charge in [-0.2, -0.15) is 0 Å². The van der Waals surface area contributed by atoms with E-state index in [0.29, 0.717) is 30.9 Å². The van der Waals surface area contributed by atoms with Gasteiger partial charge in [-0.3, -0.25) is 4.57 Å². The number of phosphoric acid groups is 1. The third-order valence-electron chi connectivity index (χ3n) is 7.90. The van der Waals surface area contributed by atoms with Crippen molar-refractivity contribution in [2.24, 2.45) is 5.92 Å². The molecule has 0 aliphatic heterocycles. The topological polar surface area (TPSA) is 88.1 Å². The van der Waals surface area contributed by atoms with Crippen LogP contribution in [0.5, 0.6) is 0 Å². The lowest BCUT2D eigenvalue weighted by molar-refractivity contribution is -0.900. The molecule has 0 radical (unpaired) electrons. The molecule has 0 bridgehead atoms. The molecule has 1 N–H and O–H groups in total. The lowest BCUT2D eigenvalue weighted by Crippen LogP contribution is -2.54. The van der Waals surface area contributed by atoms with Gasteiger partial charge in [0, 0.05) is 13.2 Å². The number of quaternary nitrogens is 1. The van der Waals surface area contributed by atoms with E-state index >= 15 is 0 Å². The fraction of sp³-hybridized carbons (Fsp3) is 1.00. The molecule has 2 unspecified atom stereocenters. The molecule has 8 heteroatoms. The summed E-state index contributed by atoms with van der Waals surface area (Å²) in [5, 5.41) is 0. The van der Waals surface area contributed by atoms with E-state index < -0.39 is 7.82 Å². The summed E-state index contributed by atoms with van der Waals surface area (Å²) in [5.41, 5.74) is 0. The molecule has 0 saturated carbocycles. The van der Waals surface area contributed by atoms with Gasteiger partial charge in [-0.05, 0) is 12.8 Å². The number of hydrogen-bond acceptors (Lipinski definition) is 5. The van der Waals surface area contributed by atoms with Crippen LogP contribution in [0.3, 0.4) is 0 Å². The summed E-state index contributed by atoms with van der Waals surface area (Å²) in [6.45, 7) is 6.82. The average molecular weight is 594 g/mol. The molecule has 0 heterocycles. The van der Waals surface area contributed by atoms with Crippen molar-refractivity contribution in [3.05, 3.63) is 0 Å². The molecule has 0 rings (SSSR count). The SMILES string of the molecule is CCCCCCCCCCCCOCC(COCCCCCCCCCCCC)C(COP(=O)([O-])O)[N+](C)(C)C. The summed E-state index contributed by atoms with van der Waals surface area (Å²) in [4.78, 5) is 20.5. The van der Waals surface area contributed by atoms with Crippen LogP contribution in [-0.2, 0) is 18.6 Å². The molecule has 0 amide bonds. The van der Waals surface area contributed by atoms with E-state index in [2.05, 4.69) is 13.8 Å². The van der Waals surface area contributed by atoms with Crippen LogP contribution in [0.2, 0.25) is 0 Å². The molecule has 0 aromatic heterocycles. The first-order valence-corrected chi connectivity index (χ1v) is 18.3. The fourth-order valence-corrected chi connectivity index (χ4v) is 5.63. The zero-order valence-electron chi connectivity index (χ0n) is 27.2. The quantitative estimate of drug-likeness (QED) is 0.0497. The first-order valence-electron chi connectivity index (χ1n) is 16.8. The number of phosphoric ester groups is 1. The van der Waals surface area contributed by atoms with Crippen molar-refractivity contribution in [3.63, 3.8) is 0 Å². The zero-order valence-corrected chi connectivity index (χ0v) is 28.1. The summed E-state index contributed by atoms with van der Waals surface area (Å²) >= 11 is 0. The van der Waals surface area contributed by atoms with E-state index in [1.54, 1.807) is 0 Å². The monoisotopic (exact) mass is 593 g/mol. The number of ether oxygens (including phenoxy) is 2. The molecule has 0 aliphatic rings. The van der Waals surface area contributed by atoms with Gasteiger partial charge in [0.15, 0.2) is 0 Å². The van der Waals surface area contributed by atoms with Crippen LogP contribution in [0, 0.1) is 5.92 Å². The second kappa shape index (κ2) is 26.6. The standard InChI is InChI=1S/C32H68NO6P/c1-6-8-10-12-14-16-18-20-22-24-26-37-28-31(32(33(3,4)5)30-39-40(34,35)36)29-38-27-25-23-21-19-17-15-13-11-9-7-2/h31-32H,6-30H2,1-5H3,(H-,34,35,36). The van der Waals surface area contributed by atoms with Crippen LogP contribution < -0.4 is 4.89 Å². The second-order valence-corrected chi connectivity index (χ2v) is 13.9. The van der Waals surface area contributed by atoms with Gasteiger partial charge in [0.2, 0.25) is 0 Å². The first-order chi connectivity index (χ1) is 19.1. The van der Waals surface area contributed by atoms with Gasteiger partial charge in [0.1, 0.15) is 12.6 Å². The highest BCUT2D eigenvalue weighted by Crippen LogP contribution is 2.32. The average Bonchev–Trinajstić information content (AvgIpc) is 2.88. The Balaban J connectivity index is 4.38. The fourth-order valence-electron chi connectivity index (χ4n) is 5.29. The van der Waals surface area contributed by atoms with E-state index in [4.69, 9.17) is 14.0 Å². The van der Waals surface area contributed by atoms with E-state index in [1.165, 1.54) is 116 Å². The van der Waals surface area contributed by atoms with Crippen LogP contribution in [0.4, 0.5) is 0 Å². The summed E-state index contributed by atoms with van der Waals surface area (Å²) in [6, 6.07) is -0.185. The Hall–Kier alpha value is -0.0100. The normalized spacial score (nSPS) is 14.6. The molecular formula is C32H68NO6P. The van der Waals surface area contributed by atoms with Crippen molar-refractivity contribution in [2.45, 2.75) is 148 Å². The molecule has 0 spiro atoms. The highest BCUT2D eigenvalue weighted by molar-refractivity contribution is 7.44. The Morgan fingerprint density at radius 1 is 0.600 bits per heavy atom. The third-order valence-corrected chi connectivity index (χ3v) is 8.37. The first kappa shape index (κ1) is 40.0. The third kappa shape index (κ3) is 26.9. The lowest BCUT2D eigenvalue weighted by Gasteiger charge is -2.39. The number of hydrogen-bond donors (Lipinski definition) is 1. The molecule has 40 heavy (non-hydrogen) atoms. The maximum atomic E-state index is 11.3. The Morgan fingerprint density at radius 2 is 0.925 bits per heavy atom. The van der Waals surface area contributed by atoms with Gasteiger partial charge in [-0.15, -0.1) is 0 Å². The van der Waals surface area contributed by atoms with Crippen LogP contribution in [0.1, 0.15) is 142 Å². The van der Waals surface area contributed by atoms with Crippen molar-refractivity contribution in [1.82, 2.24) is 0 Å². The van der Waals surface area contributed by atoms with Crippen molar-refractivity contribution >= 4 is 7.82 Å². The lowest BCUT2D eigenvalue weighted by atomic mass is 9.99. The van der Waals surface area contributed by atoms with Gasteiger partial charge in [-0.25, -0.2) is 0 Å². The Morgan fingerprint density at radius 3 is 1.23 bits per heavy atom. The summed E-state index contributed by atoms with van der Waals surface area (Å²) < 4.78 is 28.8. The molecular weight excluding hydrogens is 525 g/mol. The number of unbranched alkanes of at least 4 members (excludes halogenated alkanes) is 18. The van der Waals surface area contributed by atoms with Gasteiger partial charge in [0.05, 0.1) is 40.3 Å². The number of rotatable bonds is 31. The van der Waals surface area contributed by atoms with Crippen LogP contribution in [-0.4, -0.2) is 69.6 Å². The molecule has 0 aromatic rings. The molecule has 0 aliphatic carbocycles. The van der Waals surface area contributed by atoms with Crippen molar-refractivity contribution < 1.29 is 32.8 Å². The van der Waals surface area contributed by atoms with Gasteiger partial charge >= 0.3 is 0 Å². The highest BCUT2D eigenvalue weighted by atomic mass is 31.2. The van der Waals surface area contributed by atoms with Crippen LogP contribution in [0.15, 0.2) is 0 Å². The molecule has 7 nitrogen and oxygen atoms in total. The summed E-state index contributed by atoms with van der Waals surface area (Å²) in [6.07, 6.45) is 25.8. The van der Waals surface area contributed by atoms with E-state index in [9.17, 15) is 14.4 Å². The Kier molecular flexibility index (Phi) is 26.6. The van der Waals surface area contributed by atoms with Crippen molar-refractivity contribution in [1.29, 1.82) is 0 Å². The predicted octanol–water partition coefficient (Wildman–Crippen LogP) is 8.03. The van der Waals surface area contributed by atoms with E-state index in [0.717, 1.165) is 12.8 Å². The largest absolute Gasteiger partial charge is 0.756 e. The van der Waals surface area contributed by atoms with Gasteiger partial charge < -0.3 is 28.3 Å². The molecule has 0 fully saturated rings. The van der Waals surface area contributed by atoms with E-state index in [1.807, 2.05) is 21.1 Å². The maximum absolute atomic E-state index is 11.3. The maximum Gasteiger partial charge on any atom is 0.265 e. The molecule has 2 atom stereocenters. The summed E-state index contributed by atoms with van der Waals surface area (Å²) in [7, 11) is 1.25. The molecule has 0 saturated heterocycles. The molecule has 0 aromatic carbocycles. The predicted molar refractivity (Wildman–Crippen MR) is 166 cm³/mol. The Labute approximate surface area is 249 Å². The smallest absolute Gasteiger partial charge is 0.265 e. The van der Waals surface area contributed by atoms with Crippen molar-refractivity contribution in [2.75, 3.05) is 54.2 Å². The minimum Gasteiger partial charge on any atom is -0.756 e. The number of likely N-dealkylation sites (N-methyl/N-ethyl adjacent to an activating group) is 1. The Bertz CT molecular complexity index is 552. The molecule has 242 valence electrons. The minimum atomic E-state index is -4.79. The highest BCUT2D eigenvalue weighted by Gasteiger charge is 2.34. The van der Waals surface area contributed by atoms with Crippen LogP contribution in [0.25, 0.3) is 0 Å². The zero-order chi connectivity index (χ0) is 30.0. The second-order valence-electron chi connectivity index (χ2n) is 12.7. The van der Waals surface area contributed by atoms with Gasteiger partial charge in [0.25, 0.3) is 7.82 Å². The van der Waals surface area contributed by atoms with Crippen molar-refractivity contribution in [3.8, 4) is 0 Å². The summed E-state index contributed by atoms with van der Waals surface area (Å²) in [5.74, 6) is -0.0298. The van der Waals surface area contributed by atoms with E-state index in [-0.39, 0.29) is 18.6 Å². The number of nitrogens with zero attached hydrogens (tertiary/aromatic N) is 1.